The molecule has 4 amide bonds. The van der Waals surface area contributed by atoms with Gasteiger partial charge in [0.25, 0.3) is 0 Å². The lowest BCUT2D eigenvalue weighted by Gasteiger charge is -2.39. The summed E-state index contributed by atoms with van der Waals surface area (Å²) in [4.78, 5) is 50.5. The second kappa shape index (κ2) is 16.1. The number of thiophene rings is 1. The number of carbonyl (C=O) groups is 3. The lowest BCUT2D eigenvalue weighted by molar-refractivity contribution is 0.00643. The molecule has 3 aromatic heterocycles. The van der Waals surface area contributed by atoms with Crippen molar-refractivity contribution in [1.82, 2.24) is 25.1 Å². The number of rotatable bonds is 11. The Bertz CT molecular complexity index is 1880. The molecule has 2 N–H and O–H groups in total. The van der Waals surface area contributed by atoms with Crippen molar-refractivity contribution in [2.75, 3.05) is 38.7 Å². The molecular formula is C37H45FN6O7S. The summed E-state index contributed by atoms with van der Waals surface area (Å²) in [7, 11) is 1.58. The summed E-state index contributed by atoms with van der Waals surface area (Å²) in [6.45, 7) is 12.7. The number of hydrogen-bond acceptors (Lipinski definition) is 10. The molecule has 0 aliphatic carbocycles. The van der Waals surface area contributed by atoms with E-state index in [1.54, 1.807) is 51.2 Å². The molecule has 0 atom stereocenters. The average molecular weight is 737 g/mol. The number of benzene rings is 1. The Labute approximate surface area is 306 Å². The van der Waals surface area contributed by atoms with Crippen LogP contribution in [0.15, 0.2) is 54.9 Å². The number of ether oxygens (including phenoxy) is 4. The highest BCUT2D eigenvalue weighted by Crippen LogP contribution is 2.34. The minimum absolute atomic E-state index is 0.0304. The van der Waals surface area contributed by atoms with Gasteiger partial charge in [-0.05, 0) is 77.4 Å². The number of pyridine rings is 2. The van der Waals surface area contributed by atoms with Crippen molar-refractivity contribution in [2.45, 2.75) is 71.9 Å². The fourth-order valence-corrected chi connectivity index (χ4v) is 6.22. The third kappa shape index (κ3) is 10.5. The molecule has 1 aromatic carbocycles. The summed E-state index contributed by atoms with van der Waals surface area (Å²) in [6.07, 6.45) is 2.56. The van der Waals surface area contributed by atoms with Gasteiger partial charge in [-0.15, -0.1) is 11.3 Å². The molecule has 15 heteroatoms. The highest BCUT2D eigenvalue weighted by Gasteiger charge is 2.34. The van der Waals surface area contributed by atoms with Crippen LogP contribution in [0.2, 0.25) is 0 Å². The summed E-state index contributed by atoms with van der Waals surface area (Å²) in [5.74, 6) is -0.602. The number of anilines is 1. The zero-order valence-electron chi connectivity index (χ0n) is 30.4. The number of carbonyl (C=O) groups excluding carboxylic acids is 3. The van der Waals surface area contributed by atoms with Gasteiger partial charge in [0.05, 0.1) is 40.0 Å². The number of nitrogens with zero attached hydrogens (tertiary/aromatic N) is 4. The van der Waals surface area contributed by atoms with Gasteiger partial charge in [-0.25, -0.2) is 18.8 Å². The Morgan fingerprint density at radius 2 is 1.75 bits per heavy atom. The maximum Gasteiger partial charge on any atom is 0.410 e. The van der Waals surface area contributed by atoms with Gasteiger partial charge in [0.1, 0.15) is 17.8 Å². The maximum atomic E-state index is 15.0. The fraction of sp³-hybridized carbons (Fsp3) is 0.432. The van der Waals surface area contributed by atoms with Crippen molar-refractivity contribution in [3.8, 4) is 16.3 Å². The van der Waals surface area contributed by atoms with E-state index in [9.17, 15) is 14.4 Å². The largest absolute Gasteiger partial charge is 0.486 e. The highest BCUT2D eigenvalue weighted by molar-refractivity contribution is 7.22. The Balaban J connectivity index is 1.16. The molecule has 278 valence electrons. The molecule has 5 rings (SSSR count). The Morgan fingerprint density at radius 1 is 1.00 bits per heavy atom. The zero-order chi connectivity index (χ0) is 37.6. The van der Waals surface area contributed by atoms with Gasteiger partial charge < -0.3 is 39.4 Å². The van der Waals surface area contributed by atoms with E-state index in [0.29, 0.717) is 32.8 Å². The number of nitrogens with one attached hydrogen (secondary N) is 2. The number of amides is 4. The smallest absolute Gasteiger partial charge is 0.410 e. The summed E-state index contributed by atoms with van der Waals surface area (Å²) in [5, 5.41) is 5.39. The van der Waals surface area contributed by atoms with Gasteiger partial charge in [0.15, 0.2) is 11.6 Å². The van der Waals surface area contributed by atoms with Crippen LogP contribution in [-0.4, -0.2) is 88.6 Å². The first-order valence-electron chi connectivity index (χ1n) is 16.8. The molecule has 4 aromatic rings. The summed E-state index contributed by atoms with van der Waals surface area (Å²) in [5.41, 5.74) is 2.21. The second-order valence-electron chi connectivity index (χ2n) is 14.4. The molecule has 13 nitrogen and oxygen atoms in total. The quantitative estimate of drug-likeness (QED) is 0.163. The molecule has 1 aliphatic heterocycles. The molecule has 52 heavy (non-hydrogen) atoms. The standard InChI is InChI=1S/C37H45FN6O7S/c1-36(2,3)50-34(46)43(14-15-48-7)19-23-8-10-28(40-18-23)31-17-29-32(52-31)24(12-13-39-29)22-49-30-11-9-25(16-27(30)38)41-33(45)42-26-20-44(21-26)35(47)51-37(4,5)6/h8-13,16-18,26H,14-15,19-22H2,1-7H3,(H2,41,42,45). The van der Waals surface area contributed by atoms with Crippen LogP contribution in [0.4, 0.5) is 24.5 Å². The van der Waals surface area contributed by atoms with Crippen molar-refractivity contribution in [3.05, 3.63) is 71.8 Å². The van der Waals surface area contributed by atoms with Crippen LogP contribution in [0.5, 0.6) is 5.75 Å². The van der Waals surface area contributed by atoms with E-state index in [1.165, 1.54) is 28.4 Å². The summed E-state index contributed by atoms with van der Waals surface area (Å²) in [6, 6.07) is 11.0. The van der Waals surface area contributed by atoms with Gasteiger partial charge in [-0.2, -0.15) is 0 Å². The van der Waals surface area contributed by atoms with Crippen molar-refractivity contribution in [1.29, 1.82) is 0 Å². The van der Waals surface area contributed by atoms with Crippen LogP contribution in [0.25, 0.3) is 20.8 Å². The number of aromatic nitrogens is 2. The van der Waals surface area contributed by atoms with E-state index in [0.717, 1.165) is 31.9 Å². The van der Waals surface area contributed by atoms with Gasteiger partial charge in [0.2, 0.25) is 0 Å². The molecular weight excluding hydrogens is 692 g/mol. The molecule has 4 heterocycles. The number of halogens is 1. The monoisotopic (exact) mass is 736 g/mol. The predicted octanol–water partition coefficient (Wildman–Crippen LogP) is 7.20. The van der Waals surface area contributed by atoms with E-state index >= 15 is 4.39 Å². The average Bonchev–Trinajstić information content (AvgIpc) is 3.48. The van der Waals surface area contributed by atoms with E-state index in [-0.39, 0.29) is 24.1 Å². The van der Waals surface area contributed by atoms with E-state index in [4.69, 9.17) is 18.9 Å². The Hall–Kier alpha value is -5.02. The van der Waals surface area contributed by atoms with Gasteiger partial charge >= 0.3 is 18.2 Å². The van der Waals surface area contributed by atoms with E-state index < -0.39 is 35.2 Å². The molecule has 0 bridgehead atoms. The van der Waals surface area contributed by atoms with Crippen LogP contribution < -0.4 is 15.4 Å². The Morgan fingerprint density at radius 3 is 2.40 bits per heavy atom. The van der Waals surface area contributed by atoms with E-state index in [1.807, 2.05) is 45.0 Å². The van der Waals surface area contributed by atoms with Crippen molar-refractivity contribution >= 4 is 45.5 Å². The van der Waals surface area contributed by atoms with Crippen molar-refractivity contribution < 1.29 is 37.7 Å². The molecule has 0 radical (unpaired) electrons. The van der Waals surface area contributed by atoms with Crippen molar-refractivity contribution in [2.24, 2.45) is 0 Å². The van der Waals surface area contributed by atoms with Crippen LogP contribution in [0, 0.1) is 5.82 Å². The second-order valence-corrected chi connectivity index (χ2v) is 15.4. The zero-order valence-corrected chi connectivity index (χ0v) is 31.3. The molecule has 0 saturated carbocycles. The normalized spacial score (nSPS) is 13.3. The predicted molar refractivity (Wildman–Crippen MR) is 196 cm³/mol. The fourth-order valence-electron chi connectivity index (χ4n) is 5.13. The van der Waals surface area contributed by atoms with Gasteiger partial charge in [0, 0.05) is 56.5 Å². The lowest BCUT2D eigenvalue weighted by Crippen LogP contribution is -2.62. The topological polar surface area (TPSA) is 144 Å². The highest BCUT2D eigenvalue weighted by atomic mass is 32.1. The minimum Gasteiger partial charge on any atom is -0.486 e. The van der Waals surface area contributed by atoms with Crippen LogP contribution in [0.1, 0.15) is 52.7 Å². The number of methoxy groups -OCH3 is 1. The number of likely N-dealkylation sites (tertiary alicyclic amines) is 1. The third-order valence-electron chi connectivity index (χ3n) is 7.60. The Kier molecular flexibility index (Phi) is 11.8. The minimum atomic E-state index is -0.633. The maximum absolute atomic E-state index is 15.0. The van der Waals surface area contributed by atoms with E-state index in [2.05, 4.69) is 20.6 Å². The SMILES string of the molecule is COCCN(Cc1ccc(-c2cc3nccc(COc4ccc(NC(=O)NC5CN(C(=O)OC(C)(C)C)C5)cc4F)c3s2)nc1)C(=O)OC(C)(C)C. The van der Waals surface area contributed by atoms with Crippen LogP contribution in [-0.2, 0) is 27.4 Å². The first-order valence-corrected chi connectivity index (χ1v) is 17.7. The number of fused-ring (bicyclic) bond motifs is 1. The van der Waals surface area contributed by atoms with Crippen LogP contribution >= 0.6 is 11.3 Å². The van der Waals surface area contributed by atoms with Crippen LogP contribution in [0.3, 0.4) is 0 Å². The number of hydrogen-bond donors (Lipinski definition) is 2. The number of urea groups is 1. The molecule has 0 unspecified atom stereocenters. The molecule has 0 spiro atoms. The summed E-state index contributed by atoms with van der Waals surface area (Å²) >= 11 is 1.50. The first-order chi connectivity index (χ1) is 24.6. The lowest BCUT2D eigenvalue weighted by atomic mass is 10.1. The molecule has 1 saturated heterocycles. The first kappa shape index (κ1) is 38.2. The van der Waals surface area contributed by atoms with Gasteiger partial charge in [-0.1, -0.05) is 6.07 Å². The molecule has 1 fully saturated rings. The summed E-state index contributed by atoms with van der Waals surface area (Å²) < 4.78 is 37.8. The van der Waals surface area contributed by atoms with Gasteiger partial charge in [-0.3, -0.25) is 9.97 Å². The molecule has 1 aliphatic rings. The van der Waals surface area contributed by atoms with Crippen molar-refractivity contribution in [3.63, 3.8) is 0 Å². The third-order valence-corrected chi connectivity index (χ3v) is 8.82.